The molecule has 1 fully saturated rings. The second-order valence-corrected chi connectivity index (χ2v) is 10.1. The standard InChI is InChI=1S/C30H28N2O6S/c1-3-5-15-38-21-8-6-7-19(16-21)27(34)25-26(18-9-11-20(33)12-10-18)32(29(36)28(25)35)30-31-23-14-13-22(37-4-2)17-24(23)39-30/h6-14,16-17,26,33-34H,3-5,15H2,1-2H3. The first-order valence-corrected chi connectivity index (χ1v) is 13.6. The number of unbranched alkanes of at least 4 members (excludes halogenated alkanes) is 1. The lowest BCUT2D eigenvalue weighted by Gasteiger charge is -2.23. The van der Waals surface area contributed by atoms with E-state index in [0.29, 0.717) is 46.5 Å². The molecule has 0 spiro atoms. The van der Waals surface area contributed by atoms with Gasteiger partial charge in [0.15, 0.2) is 5.13 Å². The van der Waals surface area contributed by atoms with Crippen LogP contribution in [0.25, 0.3) is 16.0 Å². The number of nitrogens with zero attached hydrogens (tertiary/aromatic N) is 2. The molecule has 9 heteroatoms. The highest BCUT2D eigenvalue weighted by atomic mass is 32.1. The van der Waals surface area contributed by atoms with E-state index in [1.165, 1.54) is 28.4 Å². The molecule has 1 saturated heterocycles. The molecule has 39 heavy (non-hydrogen) atoms. The number of aliphatic hydroxyl groups is 1. The monoisotopic (exact) mass is 544 g/mol. The molecule has 8 nitrogen and oxygen atoms in total. The van der Waals surface area contributed by atoms with Crippen LogP contribution in [0.5, 0.6) is 17.2 Å². The molecule has 0 bridgehead atoms. The Morgan fingerprint density at radius 1 is 1.00 bits per heavy atom. The van der Waals surface area contributed by atoms with Crippen molar-refractivity contribution in [1.82, 2.24) is 4.98 Å². The molecule has 1 atom stereocenters. The van der Waals surface area contributed by atoms with E-state index < -0.39 is 17.7 Å². The number of rotatable bonds is 9. The van der Waals surface area contributed by atoms with Gasteiger partial charge in [0.2, 0.25) is 0 Å². The molecule has 0 radical (unpaired) electrons. The minimum atomic E-state index is -0.956. The van der Waals surface area contributed by atoms with E-state index >= 15 is 0 Å². The molecular weight excluding hydrogens is 516 g/mol. The van der Waals surface area contributed by atoms with Gasteiger partial charge in [-0.15, -0.1) is 0 Å². The number of aromatic hydroxyl groups is 1. The highest BCUT2D eigenvalue weighted by Gasteiger charge is 2.48. The predicted molar refractivity (Wildman–Crippen MR) is 151 cm³/mol. The number of thiazole rings is 1. The third-order valence-electron chi connectivity index (χ3n) is 6.39. The van der Waals surface area contributed by atoms with Crippen molar-refractivity contribution >= 4 is 44.1 Å². The van der Waals surface area contributed by atoms with Crippen molar-refractivity contribution in [3.05, 3.63) is 83.4 Å². The quantitative estimate of drug-likeness (QED) is 0.112. The Bertz CT molecular complexity index is 1560. The van der Waals surface area contributed by atoms with E-state index in [2.05, 4.69) is 11.9 Å². The Hall–Kier alpha value is -4.37. The summed E-state index contributed by atoms with van der Waals surface area (Å²) in [5.74, 6) is -0.658. The topological polar surface area (TPSA) is 109 Å². The number of ether oxygens (including phenoxy) is 2. The first kappa shape index (κ1) is 26.2. The van der Waals surface area contributed by atoms with E-state index in [1.807, 2.05) is 13.0 Å². The second kappa shape index (κ2) is 11.2. The summed E-state index contributed by atoms with van der Waals surface area (Å²) in [5, 5.41) is 21.6. The van der Waals surface area contributed by atoms with Crippen molar-refractivity contribution in [1.29, 1.82) is 0 Å². The Balaban J connectivity index is 1.62. The van der Waals surface area contributed by atoms with Crippen molar-refractivity contribution in [2.24, 2.45) is 0 Å². The van der Waals surface area contributed by atoms with Crippen molar-refractivity contribution in [3.8, 4) is 17.2 Å². The van der Waals surface area contributed by atoms with Gasteiger partial charge in [0.05, 0.1) is 35.0 Å². The molecule has 1 amide bonds. The average molecular weight is 545 g/mol. The summed E-state index contributed by atoms with van der Waals surface area (Å²) in [5.41, 5.74) is 1.49. The van der Waals surface area contributed by atoms with Crippen LogP contribution in [0.2, 0.25) is 0 Å². The van der Waals surface area contributed by atoms with Crippen LogP contribution in [0, 0.1) is 0 Å². The SMILES string of the molecule is CCCCOc1cccc(C(O)=C2C(=O)C(=O)N(c3nc4ccc(OCC)cc4s3)C2c2ccc(O)cc2)c1. The number of anilines is 1. The Morgan fingerprint density at radius 2 is 1.77 bits per heavy atom. The summed E-state index contributed by atoms with van der Waals surface area (Å²) in [7, 11) is 0. The molecule has 2 N–H and O–H groups in total. The van der Waals surface area contributed by atoms with E-state index in [0.717, 1.165) is 17.5 Å². The number of fused-ring (bicyclic) bond motifs is 1. The van der Waals surface area contributed by atoms with Gasteiger partial charge in [0, 0.05) is 5.56 Å². The molecular formula is C30H28N2O6S. The van der Waals surface area contributed by atoms with E-state index in [1.54, 1.807) is 48.5 Å². The van der Waals surface area contributed by atoms with Gasteiger partial charge >= 0.3 is 5.91 Å². The number of carbonyl (C=O) groups excluding carboxylic acids is 2. The molecule has 200 valence electrons. The summed E-state index contributed by atoms with van der Waals surface area (Å²) in [6, 6.07) is 17.5. The molecule has 5 rings (SSSR count). The molecule has 0 saturated carbocycles. The lowest BCUT2D eigenvalue weighted by atomic mass is 9.95. The van der Waals surface area contributed by atoms with Crippen molar-refractivity contribution in [3.63, 3.8) is 0 Å². The van der Waals surface area contributed by atoms with E-state index in [9.17, 15) is 19.8 Å². The Labute approximate surface area is 229 Å². The Kier molecular flexibility index (Phi) is 7.51. The van der Waals surface area contributed by atoms with Gasteiger partial charge in [0.25, 0.3) is 5.78 Å². The number of phenolic OH excluding ortho intramolecular Hbond substituents is 1. The Morgan fingerprint density at radius 3 is 2.51 bits per heavy atom. The van der Waals surface area contributed by atoms with Gasteiger partial charge in [-0.1, -0.05) is 48.9 Å². The minimum Gasteiger partial charge on any atom is -0.508 e. The zero-order valence-corrected chi connectivity index (χ0v) is 22.4. The normalized spacial score (nSPS) is 16.7. The number of hydrogen-bond acceptors (Lipinski definition) is 8. The van der Waals surface area contributed by atoms with Gasteiger partial charge in [0.1, 0.15) is 23.0 Å². The number of Topliss-reactive ketones (excluding diaryl/α,β-unsaturated/α-hetero) is 1. The van der Waals surface area contributed by atoms with Gasteiger partial charge in [-0.3, -0.25) is 14.5 Å². The van der Waals surface area contributed by atoms with Gasteiger partial charge in [-0.05, 0) is 61.4 Å². The van der Waals surface area contributed by atoms with Gasteiger partial charge in [-0.25, -0.2) is 4.98 Å². The largest absolute Gasteiger partial charge is 0.508 e. The maximum Gasteiger partial charge on any atom is 0.301 e. The first-order valence-electron chi connectivity index (χ1n) is 12.8. The summed E-state index contributed by atoms with van der Waals surface area (Å²) < 4.78 is 12.2. The second-order valence-electron chi connectivity index (χ2n) is 9.05. The lowest BCUT2D eigenvalue weighted by Crippen LogP contribution is -2.29. The fourth-order valence-corrected chi connectivity index (χ4v) is 5.50. The van der Waals surface area contributed by atoms with E-state index in [4.69, 9.17) is 9.47 Å². The van der Waals surface area contributed by atoms with Crippen molar-refractivity contribution < 1.29 is 29.3 Å². The maximum absolute atomic E-state index is 13.5. The number of aliphatic hydroxyl groups excluding tert-OH is 1. The number of amides is 1. The molecule has 1 aliphatic rings. The summed E-state index contributed by atoms with van der Waals surface area (Å²) >= 11 is 1.25. The zero-order chi connectivity index (χ0) is 27.5. The number of carbonyl (C=O) groups is 2. The van der Waals surface area contributed by atoms with Crippen molar-refractivity contribution in [2.45, 2.75) is 32.7 Å². The number of phenols is 1. The van der Waals surface area contributed by atoms with Crippen LogP contribution in [0.15, 0.2) is 72.3 Å². The summed E-state index contributed by atoms with van der Waals surface area (Å²) in [4.78, 5) is 32.9. The molecule has 1 aliphatic heterocycles. The zero-order valence-electron chi connectivity index (χ0n) is 21.6. The average Bonchev–Trinajstić information content (AvgIpc) is 3.47. The smallest absolute Gasteiger partial charge is 0.301 e. The van der Waals surface area contributed by atoms with Crippen LogP contribution >= 0.6 is 11.3 Å². The van der Waals surface area contributed by atoms with Gasteiger partial charge < -0.3 is 19.7 Å². The van der Waals surface area contributed by atoms with Crippen LogP contribution in [-0.2, 0) is 9.59 Å². The summed E-state index contributed by atoms with van der Waals surface area (Å²) in [6.07, 6.45) is 1.87. The molecule has 3 aromatic carbocycles. The fraction of sp³-hybridized carbons (Fsp3) is 0.233. The lowest BCUT2D eigenvalue weighted by molar-refractivity contribution is -0.132. The van der Waals surface area contributed by atoms with Crippen LogP contribution in [0.1, 0.15) is 43.9 Å². The number of ketones is 1. The number of benzene rings is 3. The highest BCUT2D eigenvalue weighted by molar-refractivity contribution is 7.22. The number of aromatic nitrogens is 1. The molecule has 0 aliphatic carbocycles. The third-order valence-corrected chi connectivity index (χ3v) is 7.41. The molecule has 4 aromatic rings. The highest BCUT2D eigenvalue weighted by Crippen LogP contribution is 2.45. The maximum atomic E-state index is 13.5. The molecule has 2 heterocycles. The van der Waals surface area contributed by atoms with Gasteiger partial charge in [-0.2, -0.15) is 0 Å². The first-order chi connectivity index (χ1) is 18.9. The van der Waals surface area contributed by atoms with E-state index in [-0.39, 0.29) is 17.1 Å². The predicted octanol–water partition coefficient (Wildman–Crippen LogP) is 6.21. The minimum absolute atomic E-state index is 0.0380. The fourth-order valence-electron chi connectivity index (χ4n) is 4.48. The van der Waals surface area contributed by atoms with Crippen LogP contribution < -0.4 is 14.4 Å². The summed E-state index contributed by atoms with van der Waals surface area (Å²) in [6.45, 7) is 5.00. The number of hydrogen-bond donors (Lipinski definition) is 2. The molecule has 1 unspecified atom stereocenters. The van der Waals surface area contributed by atoms with Crippen molar-refractivity contribution in [2.75, 3.05) is 18.1 Å². The van der Waals surface area contributed by atoms with Crippen LogP contribution in [0.4, 0.5) is 5.13 Å². The van der Waals surface area contributed by atoms with Crippen LogP contribution in [0.3, 0.4) is 0 Å². The molecule has 1 aromatic heterocycles. The van der Waals surface area contributed by atoms with Crippen LogP contribution in [-0.4, -0.2) is 40.1 Å². The third kappa shape index (κ3) is 5.18.